The Labute approximate surface area is 130 Å². The van der Waals surface area contributed by atoms with E-state index in [0.717, 1.165) is 5.56 Å². The second-order valence-electron chi connectivity index (χ2n) is 4.51. The van der Waals surface area contributed by atoms with Gasteiger partial charge in [-0.15, -0.1) is 0 Å². The minimum Gasteiger partial charge on any atom is -0.388 e. The van der Waals surface area contributed by atoms with E-state index in [2.05, 4.69) is 15.9 Å². The van der Waals surface area contributed by atoms with Crippen LogP contribution in [0.3, 0.4) is 0 Å². The molecule has 0 saturated carbocycles. The molecule has 106 valence electrons. The van der Waals surface area contributed by atoms with Crippen molar-refractivity contribution in [2.24, 2.45) is 5.73 Å². The lowest BCUT2D eigenvalue weighted by atomic mass is 9.89. The Hall–Kier alpha value is -0.940. The third kappa shape index (κ3) is 3.38. The SMILES string of the molecule is NCC(c1ccc(Cl)cc1)C(O)c1ccc(F)c(Br)c1. The highest BCUT2D eigenvalue weighted by Crippen LogP contribution is 2.32. The molecule has 2 rings (SSSR count). The number of benzene rings is 2. The lowest BCUT2D eigenvalue weighted by Gasteiger charge is -2.22. The van der Waals surface area contributed by atoms with Crippen molar-refractivity contribution in [3.63, 3.8) is 0 Å². The number of halogens is 3. The van der Waals surface area contributed by atoms with Gasteiger partial charge in [-0.3, -0.25) is 0 Å². The van der Waals surface area contributed by atoms with Crippen molar-refractivity contribution >= 4 is 27.5 Å². The molecule has 3 N–H and O–H groups in total. The van der Waals surface area contributed by atoms with Gasteiger partial charge in [0.1, 0.15) is 5.82 Å². The first-order valence-electron chi connectivity index (χ1n) is 6.11. The Kier molecular flexibility index (Phi) is 5.16. The maximum absolute atomic E-state index is 13.2. The van der Waals surface area contributed by atoms with Crippen molar-refractivity contribution in [3.8, 4) is 0 Å². The Morgan fingerprint density at radius 2 is 1.75 bits per heavy atom. The number of hydrogen-bond donors (Lipinski definition) is 2. The van der Waals surface area contributed by atoms with Gasteiger partial charge in [-0.1, -0.05) is 29.8 Å². The van der Waals surface area contributed by atoms with Crippen molar-refractivity contribution in [3.05, 3.63) is 68.9 Å². The van der Waals surface area contributed by atoms with E-state index in [1.807, 2.05) is 12.1 Å². The molecule has 2 aromatic rings. The van der Waals surface area contributed by atoms with Crippen molar-refractivity contribution in [1.29, 1.82) is 0 Å². The number of hydrogen-bond acceptors (Lipinski definition) is 2. The van der Waals surface area contributed by atoms with Gasteiger partial charge in [0.05, 0.1) is 10.6 Å². The molecule has 0 radical (unpaired) electrons. The average molecular weight is 359 g/mol. The molecule has 0 aliphatic carbocycles. The van der Waals surface area contributed by atoms with Crippen molar-refractivity contribution < 1.29 is 9.50 Å². The quantitative estimate of drug-likeness (QED) is 0.867. The lowest BCUT2D eigenvalue weighted by Crippen LogP contribution is -2.20. The fraction of sp³-hybridized carbons (Fsp3) is 0.200. The zero-order valence-electron chi connectivity index (χ0n) is 10.6. The van der Waals surface area contributed by atoms with Crippen molar-refractivity contribution in [1.82, 2.24) is 0 Å². The van der Waals surface area contributed by atoms with Gasteiger partial charge < -0.3 is 10.8 Å². The van der Waals surface area contributed by atoms with Crippen LogP contribution in [0, 0.1) is 5.82 Å². The highest BCUT2D eigenvalue weighted by molar-refractivity contribution is 9.10. The summed E-state index contributed by atoms with van der Waals surface area (Å²) in [7, 11) is 0. The second-order valence-corrected chi connectivity index (χ2v) is 5.80. The summed E-state index contributed by atoms with van der Waals surface area (Å²) in [5.74, 6) is -0.638. The lowest BCUT2D eigenvalue weighted by molar-refractivity contribution is 0.147. The van der Waals surface area contributed by atoms with Crippen LogP contribution in [0.2, 0.25) is 5.02 Å². The third-order valence-electron chi connectivity index (χ3n) is 3.22. The van der Waals surface area contributed by atoms with Gasteiger partial charge in [-0.25, -0.2) is 4.39 Å². The molecule has 2 atom stereocenters. The maximum atomic E-state index is 13.2. The molecule has 0 heterocycles. The number of rotatable bonds is 4. The van der Waals surface area contributed by atoms with Gasteiger partial charge in [-0.05, 0) is 51.3 Å². The van der Waals surface area contributed by atoms with E-state index in [9.17, 15) is 9.50 Å². The molecule has 0 fully saturated rings. The van der Waals surface area contributed by atoms with Gasteiger partial charge in [0, 0.05) is 17.5 Å². The van der Waals surface area contributed by atoms with E-state index >= 15 is 0 Å². The van der Waals surface area contributed by atoms with Gasteiger partial charge >= 0.3 is 0 Å². The molecule has 5 heteroatoms. The van der Waals surface area contributed by atoms with E-state index in [1.165, 1.54) is 6.07 Å². The molecule has 0 amide bonds. The molecule has 0 aromatic heterocycles. The van der Waals surface area contributed by atoms with Gasteiger partial charge in [0.25, 0.3) is 0 Å². The summed E-state index contributed by atoms with van der Waals surface area (Å²) in [6.07, 6.45) is -0.807. The summed E-state index contributed by atoms with van der Waals surface area (Å²) in [5.41, 5.74) is 7.28. The molecule has 2 unspecified atom stereocenters. The molecule has 0 aliphatic rings. The molecule has 0 aliphatic heterocycles. The van der Waals surface area contributed by atoms with Crippen LogP contribution in [-0.4, -0.2) is 11.7 Å². The van der Waals surface area contributed by atoms with Gasteiger partial charge in [0.15, 0.2) is 0 Å². The monoisotopic (exact) mass is 357 g/mol. The topological polar surface area (TPSA) is 46.2 Å². The van der Waals surface area contributed by atoms with Crippen LogP contribution in [0.25, 0.3) is 0 Å². The fourth-order valence-corrected chi connectivity index (χ4v) is 2.61. The summed E-state index contributed by atoms with van der Waals surface area (Å²) in [5, 5.41) is 11.1. The maximum Gasteiger partial charge on any atom is 0.137 e. The molecule has 0 saturated heterocycles. The minimum absolute atomic E-state index is 0.273. The minimum atomic E-state index is -0.807. The smallest absolute Gasteiger partial charge is 0.137 e. The van der Waals surface area contributed by atoms with E-state index in [-0.39, 0.29) is 18.3 Å². The van der Waals surface area contributed by atoms with Crippen LogP contribution in [-0.2, 0) is 0 Å². The largest absolute Gasteiger partial charge is 0.388 e. The first-order chi connectivity index (χ1) is 9.52. The van der Waals surface area contributed by atoms with Crippen LogP contribution in [0.4, 0.5) is 4.39 Å². The van der Waals surface area contributed by atoms with Crippen LogP contribution < -0.4 is 5.73 Å². The summed E-state index contributed by atoms with van der Waals surface area (Å²) in [4.78, 5) is 0. The predicted octanol–water partition coefficient (Wildman–Crippen LogP) is 4.02. The van der Waals surface area contributed by atoms with Crippen molar-refractivity contribution in [2.45, 2.75) is 12.0 Å². The normalized spacial score (nSPS) is 14.1. The molecule has 0 spiro atoms. The van der Waals surface area contributed by atoms with Gasteiger partial charge in [-0.2, -0.15) is 0 Å². The van der Waals surface area contributed by atoms with E-state index in [4.69, 9.17) is 17.3 Å². The molecule has 20 heavy (non-hydrogen) atoms. The van der Waals surface area contributed by atoms with Gasteiger partial charge in [0.2, 0.25) is 0 Å². The highest BCUT2D eigenvalue weighted by Gasteiger charge is 2.22. The Morgan fingerprint density at radius 3 is 2.30 bits per heavy atom. The Balaban J connectivity index is 2.30. The van der Waals surface area contributed by atoms with Crippen LogP contribution in [0.5, 0.6) is 0 Å². The van der Waals surface area contributed by atoms with Crippen LogP contribution >= 0.6 is 27.5 Å². The van der Waals surface area contributed by atoms with Crippen molar-refractivity contribution in [2.75, 3.05) is 6.54 Å². The number of nitrogens with two attached hydrogens (primary N) is 1. The highest BCUT2D eigenvalue weighted by atomic mass is 79.9. The first-order valence-corrected chi connectivity index (χ1v) is 7.28. The molecule has 0 bridgehead atoms. The standard InChI is InChI=1S/C15H14BrClFNO/c16-13-7-10(3-6-14(13)18)15(20)12(8-19)9-1-4-11(17)5-2-9/h1-7,12,15,20H,8,19H2. The van der Waals surface area contributed by atoms with E-state index < -0.39 is 6.10 Å². The Morgan fingerprint density at radius 1 is 1.15 bits per heavy atom. The molecule has 2 nitrogen and oxygen atoms in total. The van der Waals surface area contributed by atoms with Crippen LogP contribution in [0.1, 0.15) is 23.1 Å². The molecular formula is C15H14BrClFNO. The molecule has 2 aromatic carbocycles. The molecular weight excluding hydrogens is 345 g/mol. The average Bonchev–Trinajstić information content (AvgIpc) is 2.44. The summed E-state index contributed by atoms with van der Waals surface area (Å²) in [6.45, 7) is 0.276. The van der Waals surface area contributed by atoms with E-state index in [0.29, 0.717) is 15.1 Å². The number of aliphatic hydroxyl groups is 1. The fourth-order valence-electron chi connectivity index (χ4n) is 2.09. The second kappa shape index (κ2) is 6.68. The zero-order valence-corrected chi connectivity index (χ0v) is 12.9. The summed E-state index contributed by atoms with van der Waals surface area (Å²) >= 11 is 8.97. The zero-order chi connectivity index (χ0) is 14.7. The number of aliphatic hydroxyl groups excluding tert-OH is 1. The van der Waals surface area contributed by atoms with Crippen LogP contribution in [0.15, 0.2) is 46.9 Å². The van der Waals surface area contributed by atoms with E-state index in [1.54, 1.807) is 24.3 Å². The first kappa shape index (κ1) is 15.4. The predicted molar refractivity (Wildman–Crippen MR) is 82.3 cm³/mol. The summed E-state index contributed by atoms with van der Waals surface area (Å²) in [6, 6.07) is 11.6. The Bertz CT molecular complexity index is 591. The summed E-state index contributed by atoms with van der Waals surface area (Å²) < 4.78 is 13.6. The third-order valence-corrected chi connectivity index (χ3v) is 4.08.